The van der Waals surface area contributed by atoms with Crippen LogP contribution in [0, 0.1) is 0 Å². The van der Waals surface area contributed by atoms with E-state index in [9.17, 15) is 0 Å². The number of oxazole rings is 1. The lowest BCUT2D eigenvalue weighted by atomic mass is 10.0. The SMILES string of the molecule is CC(C)c1cccc2nc(Nc3ccc(Br)cc3)oc12. The fourth-order valence-electron chi connectivity index (χ4n) is 2.14. The molecule has 1 N–H and O–H groups in total. The van der Waals surface area contributed by atoms with Crippen molar-refractivity contribution in [3.05, 3.63) is 52.5 Å². The number of nitrogens with one attached hydrogen (secondary N) is 1. The summed E-state index contributed by atoms with van der Waals surface area (Å²) in [5.74, 6) is 0.409. The van der Waals surface area contributed by atoms with Gasteiger partial charge in [-0.15, -0.1) is 0 Å². The van der Waals surface area contributed by atoms with E-state index in [1.54, 1.807) is 0 Å². The van der Waals surface area contributed by atoms with Crippen molar-refractivity contribution in [1.29, 1.82) is 0 Å². The van der Waals surface area contributed by atoms with Gasteiger partial charge in [0.05, 0.1) is 0 Å². The summed E-state index contributed by atoms with van der Waals surface area (Å²) in [5, 5.41) is 3.19. The van der Waals surface area contributed by atoms with Crippen LogP contribution in [0.3, 0.4) is 0 Å². The van der Waals surface area contributed by atoms with Crippen molar-refractivity contribution in [2.75, 3.05) is 5.32 Å². The summed E-state index contributed by atoms with van der Waals surface area (Å²) in [6, 6.07) is 14.5. The van der Waals surface area contributed by atoms with Crippen LogP contribution < -0.4 is 5.32 Å². The lowest BCUT2D eigenvalue weighted by molar-refractivity contribution is 0.615. The van der Waals surface area contributed by atoms with Crippen LogP contribution in [0.4, 0.5) is 11.7 Å². The van der Waals surface area contributed by atoms with Gasteiger partial charge in [-0.3, -0.25) is 0 Å². The van der Waals surface area contributed by atoms with Gasteiger partial charge in [-0.25, -0.2) is 0 Å². The molecule has 102 valence electrons. The highest BCUT2D eigenvalue weighted by Gasteiger charge is 2.12. The van der Waals surface area contributed by atoms with Crippen molar-refractivity contribution in [2.24, 2.45) is 0 Å². The molecule has 0 fully saturated rings. The molecule has 0 aliphatic heterocycles. The molecule has 0 saturated carbocycles. The second-order valence-electron chi connectivity index (χ2n) is 5.00. The molecule has 1 aromatic heterocycles. The van der Waals surface area contributed by atoms with Crippen molar-refractivity contribution in [3.8, 4) is 0 Å². The maximum absolute atomic E-state index is 5.86. The Labute approximate surface area is 126 Å². The average Bonchev–Trinajstić information content (AvgIpc) is 2.83. The average molecular weight is 331 g/mol. The van der Waals surface area contributed by atoms with Gasteiger partial charge >= 0.3 is 0 Å². The lowest BCUT2D eigenvalue weighted by Gasteiger charge is -2.04. The summed E-state index contributed by atoms with van der Waals surface area (Å²) >= 11 is 3.42. The van der Waals surface area contributed by atoms with Crippen LogP contribution in [0.2, 0.25) is 0 Å². The third-order valence-electron chi connectivity index (χ3n) is 3.16. The first-order valence-corrected chi connectivity index (χ1v) is 7.35. The highest BCUT2D eigenvalue weighted by molar-refractivity contribution is 9.10. The van der Waals surface area contributed by atoms with Gasteiger partial charge in [0.1, 0.15) is 5.52 Å². The summed E-state index contributed by atoms with van der Waals surface area (Å²) in [7, 11) is 0. The van der Waals surface area contributed by atoms with Gasteiger partial charge in [0.2, 0.25) is 0 Å². The molecule has 20 heavy (non-hydrogen) atoms. The number of halogens is 1. The van der Waals surface area contributed by atoms with E-state index in [1.807, 2.05) is 36.4 Å². The fraction of sp³-hybridized carbons (Fsp3) is 0.188. The molecule has 3 nitrogen and oxygen atoms in total. The molecule has 0 aliphatic rings. The molecule has 0 aliphatic carbocycles. The third-order valence-corrected chi connectivity index (χ3v) is 3.69. The van der Waals surface area contributed by atoms with E-state index in [1.165, 1.54) is 5.56 Å². The molecule has 2 aromatic carbocycles. The van der Waals surface area contributed by atoms with Crippen LogP contribution in [0.25, 0.3) is 11.1 Å². The van der Waals surface area contributed by atoms with E-state index in [2.05, 4.69) is 46.1 Å². The lowest BCUT2D eigenvalue weighted by Crippen LogP contribution is -1.89. The monoisotopic (exact) mass is 330 g/mol. The number of benzene rings is 2. The first kappa shape index (κ1) is 13.2. The quantitative estimate of drug-likeness (QED) is 0.693. The Morgan fingerprint density at radius 1 is 1.10 bits per heavy atom. The molecule has 0 radical (unpaired) electrons. The van der Waals surface area contributed by atoms with Gasteiger partial charge in [0.25, 0.3) is 6.01 Å². The number of para-hydroxylation sites is 1. The van der Waals surface area contributed by atoms with Gasteiger partial charge in [-0.2, -0.15) is 4.98 Å². The van der Waals surface area contributed by atoms with E-state index < -0.39 is 0 Å². The second-order valence-corrected chi connectivity index (χ2v) is 5.92. The van der Waals surface area contributed by atoms with E-state index in [4.69, 9.17) is 4.42 Å². The van der Waals surface area contributed by atoms with Crippen LogP contribution in [0.15, 0.2) is 51.4 Å². The number of nitrogens with zero attached hydrogens (tertiary/aromatic N) is 1. The minimum Gasteiger partial charge on any atom is -0.423 e. The highest BCUT2D eigenvalue weighted by Crippen LogP contribution is 2.29. The Morgan fingerprint density at radius 2 is 1.85 bits per heavy atom. The molecule has 3 aromatic rings. The first-order chi connectivity index (χ1) is 9.63. The molecule has 4 heteroatoms. The summed E-state index contributed by atoms with van der Waals surface area (Å²) in [6.45, 7) is 4.30. The van der Waals surface area contributed by atoms with Crippen LogP contribution in [0.1, 0.15) is 25.3 Å². The zero-order valence-corrected chi connectivity index (χ0v) is 12.9. The number of anilines is 2. The summed E-state index contributed by atoms with van der Waals surface area (Å²) in [5.41, 5.74) is 3.88. The molecule has 0 bridgehead atoms. The number of fused-ring (bicyclic) bond motifs is 1. The fourth-order valence-corrected chi connectivity index (χ4v) is 2.40. The van der Waals surface area contributed by atoms with Gasteiger partial charge in [0.15, 0.2) is 5.58 Å². The van der Waals surface area contributed by atoms with Gasteiger partial charge < -0.3 is 9.73 Å². The first-order valence-electron chi connectivity index (χ1n) is 6.55. The molecule has 0 spiro atoms. The molecule has 0 amide bonds. The van der Waals surface area contributed by atoms with Crippen LogP contribution in [-0.2, 0) is 0 Å². The standard InChI is InChI=1S/C16H15BrN2O/c1-10(2)13-4-3-5-14-15(13)20-16(19-14)18-12-8-6-11(17)7-9-12/h3-10H,1-2H3,(H,18,19). The van der Waals surface area contributed by atoms with Crippen molar-refractivity contribution in [1.82, 2.24) is 4.98 Å². The molecule has 1 heterocycles. The maximum Gasteiger partial charge on any atom is 0.300 e. The number of aromatic nitrogens is 1. The second kappa shape index (κ2) is 5.29. The number of hydrogen-bond donors (Lipinski definition) is 1. The zero-order valence-electron chi connectivity index (χ0n) is 11.4. The minimum absolute atomic E-state index is 0.409. The Balaban J connectivity index is 1.97. The van der Waals surface area contributed by atoms with Crippen molar-refractivity contribution in [3.63, 3.8) is 0 Å². The largest absolute Gasteiger partial charge is 0.423 e. The van der Waals surface area contributed by atoms with E-state index in [0.29, 0.717) is 11.9 Å². The summed E-state index contributed by atoms with van der Waals surface area (Å²) in [4.78, 5) is 4.48. The molecule has 0 saturated heterocycles. The van der Waals surface area contributed by atoms with Crippen molar-refractivity contribution >= 4 is 38.7 Å². The Kier molecular flexibility index (Phi) is 3.49. The van der Waals surface area contributed by atoms with Crippen LogP contribution >= 0.6 is 15.9 Å². The normalized spacial score (nSPS) is 11.2. The van der Waals surface area contributed by atoms with E-state index >= 15 is 0 Å². The van der Waals surface area contributed by atoms with E-state index in [0.717, 1.165) is 21.3 Å². The smallest absolute Gasteiger partial charge is 0.300 e. The predicted octanol–water partition coefficient (Wildman–Crippen LogP) is 5.46. The molecular formula is C16H15BrN2O. The topological polar surface area (TPSA) is 38.1 Å². The predicted molar refractivity (Wildman–Crippen MR) is 85.5 cm³/mol. The number of rotatable bonds is 3. The van der Waals surface area contributed by atoms with Crippen molar-refractivity contribution < 1.29 is 4.42 Å². The highest BCUT2D eigenvalue weighted by atomic mass is 79.9. The Bertz CT molecular complexity index is 732. The van der Waals surface area contributed by atoms with Crippen LogP contribution in [-0.4, -0.2) is 4.98 Å². The van der Waals surface area contributed by atoms with Gasteiger partial charge in [0, 0.05) is 10.2 Å². The maximum atomic E-state index is 5.86. The number of hydrogen-bond acceptors (Lipinski definition) is 3. The molecule has 0 atom stereocenters. The Hall–Kier alpha value is -1.81. The summed E-state index contributed by atoms with van der Waals surface area (Å²) < 4.78 is 6.90. The molecule has 0 unspecified atom stereocenters. The van der Waals surface area contributed by atoms with Crippen LogP contribution in [0.5, 0.6) is 0 Å². The molecular weight excluding hydrogens is 316 g/mol. The Morgan fingerprint density at radius 3 is 2.55 bits per heavy atom. The third kappa shape index (κ3) is 2.56. The van der Waals surface area contributed by atoms with Gasteiger partial charge in [-0.1, -0.05) is 41.9 Å². The van der Waals surface area contributed by atoms with E-state index in [-0.39, 0.29) is 0 Å². The summed E-state index contributed by atoms with van der Waals surface area (Å²) in [6.07, 6.45) is 0. The minimum atomic E-state index is 0.409. The van der Waals surface area contributed by atoms with Gasteiger partial charge in [-0.05, 0) is 41.8 Å². The molecule has 3 rings (SSSR count). The zero-order chi connectivity index (χ0) is 14.1. The van der Waals surface area contributed by atoms with Crippen molar-refractivity contribution in [2.45, 2.75) is 19.8 Å².